The third-order valence-electron chi connectivity index (χ3n) is 1.07. The van der Waals surface area contributed by atoms with Gasteiger partial charge in [0.2, 0.25) is 5.23 Å². The van der Waals surface area contributed by atoms with Crippen molar-refractivity contribution in [3.05, 3.63) is 0 Å². The molecular weight excluding hydrogens is 150 g/mol. The van der Waals surface area contributed by atoms with Gasteiger partial charge in [0.25, 0.3) is 0 Å². The van der Waals surface area contributed by atoms with Crippen LogP contribution in [-0.2, 0) is 9.47 Å². The molecule has 0 saturated carbocycles. The fraction of sp³-hybridized carbons (Fsp3) is 0.833. The van der Waals surface area contributed by atoms with Gasteiger partial charge in [-0.3, -0.25) is 0 Å². The molecule has 0 N–H and O–H groups in total. The number of nitrogens with zero attached hydrogens (tertiary/aromatic N) is 1. The van der Waals surface area contributed by atoms with Crippen molar-refractivity contribution < 1.29 is 9.47 Å². The zero-order chi connectivity index (χ0) is 7.23. The molecule has 1 rings (SSSR count). The second-order valence-electron chi connectivity index (χ2n) is 1.84. The number of hydrogen-bond acceptors (Lipinski definition) is 4. The van der Waals surface area contributed by atoms with Gasteiger partial charge >= 0.3 is 0 Å². The largest absolute Gasteiger partial charge is 0.471 e. The highest BCUT2D eigenvalue weighted by atomic mass is 32.2. The summed E-state index contributed by atoms with van der Waals surface area (Å²) >= 11 is 1.67. The lowest BCUT2D eigenvalue weighted by molar-refractivity contribution is 0.143. The molecule has 0 aliphatic carbocycles. The van der Waals surface area contributed by atoms with Crippen molar-refractivity contribution in [3.8, 4) is 0 Å². The van der Waals surface area contributed by atoms with E-state index in [9.17, 15) is 0 Å². The Morgan fingerprint density at radius 3 is 3.10 bits per heavy atom. The molecule has 0 fully saturated rings. The number of aliphatic imine (C=N–C) groups is 1. The van der Waals surface area contributed by atoms with Crippen LogP contribution in [0.15, 0.2) is 4.99 Å². The first kappa shape index (κ1) is 7.88. The van der Waals surface area contributed by atoms with E-state index in [0.29, 0.717) is 13.2 Å². The van der Waals surface area contributed by atoms with Gasteiger partial charge in [-0.15, -0.1) is 0 Å². The normalized spacial score (nSPS) is 17.1. The Hall–Kier alpha value is -0.220. The average Bonchev–Trinajstić information content (AvgIpc) is 2.41. The van der Waals surface area contributed by atoms with Crippen LogP contribution in [0.4, 0.5) is 0 Å². The summed E-state index contributed by atoms with van der Waals surface area (Å²) in [7, 11) is 1.66. The van der Waals surface area contributed by atoms with E-state index in [4.69, 9.17) is 9.47 Å². The molecule has 3 nitrogen and oxygen atoms in total. The van der Waals surface area contributed by atoms with Crippen LogP contribution in [0.25, 0.3) is 0 Å². The van der Waals surface area contributed by atoms with Crippen LogP contribution in [0.1, 0.15) is 0 Å². The fourth-order valence-electron chi connectivity index (χ4n) is 0.615. The van der Waals surface area contributed by atoms with E-state index in [1.807, 2.05) is 0 Å². The predicted octanol–water partition coefficient (Wildman–Crippen LogP) is 0.752. The Kier molecular flexibility index (Phi) is 3.60. The molecule has 0 saturated heterocycles. The van der Waals surface area contributed by atoms with Gasteiger partial charge in [0.15, 0.2) is 0 Å². The molecule has 0 radical (unpaired) electrons. The number of thioether (sulfide) groups is 1. The number of methoxy groups -OCH3 is 1. The zero-order valence-corrected chi connectivity index (χ0v) is 6.82. The lowest BCUT2D eigenvalue weighted by Gasteiger charge is -2.01. The maximum atomic E-state index is 5.23. The van der Waals surface area contributed by atoms with Gasteiger partial charge < -0.3 is 9.47 Å². The smallest absolute Gasteiger partial charge is 0.245 e. The zero-order valence-electron chi connectivity index (χ0n) is 6.00. The molecule has 1 heterocycles. The molecule has 1 aliphatic rings. The standard InChI is InChI=1S/C6H11NO2S/c1-8-3-4-9-6-7-2-5-10-6/h2-5H2,1H3. The Bertz CT molecular complexity index is 127. The van der Waals surface area contributed by atoms with E-state index in [0.717, 1.165) is 17.5 Å². The Balaban J connectivity index is 2.01. The summed E-state index contributed by atoms with van der Waals surface area (Å²) in [6.07, 6.45) is 0. The van der Waals surface area contributed by atoms with Gasteiger partial charge in [0.05, 0.1) is 13.2 Å². The lowest BCUT2D eigenvalue weighted by Crippen LogP contribution is -2.04. The number of ether oxygens (including phenoxy) is 2. The highest BCUT2D eigenvalue weighted by Crippen LogP contribution is 2.11. The van der Waals surface area contributed by atoms with E-state index < -0.39 is 0 Å². The molecule has 58 valence electrons. The van der Waals surface area contributed by atoms with Crippen LogP contribution >= 0.6 is 11.8 Å². The summed E-state index contributed by atoms with van der Waals surface area (Å²) in [4.78, 5) is 4.11. The maximum Gasteiger partial charge on any atom is 0.245 e. The van der Waals surface area contributed by atoms with Crippen LogP contribution < -0.4 is 0 Å². The molecule has 0 amide bonds. The fourth-order valence-corrected chi connectivity index (χ4v) is 1.32. The van der Waals surface area contributed by atoms with E-state index in [2.05, 4.69) is 4.99 Å². The predicted molar refractivity (Wildman–Crippen MR) is 42.6 cm³/mol. The molecule has 0 unspecified atom stereocenters. The summed E-state index contributed by atoms with van der Waals surface area (Å²) in [6, 6.07) is 0. The summed E-state index contributed by atoms with van der Waals surface area (Å²) in [5.41, 5.74) is 0. The van der Waals surface area contributed by atoms with E-state index in [1.165, 1.54) is 0 Å². The summed E-state index contributed by atoms with van der Waals surface area (Å²) in [5, 5.41) is 0.817. The van der Waals surface area contributed by atoms with Crippen molar-refractivity contribution in [2.45, 2.75) is 0 Å². The van der Waals surface area contributed by atoms with Crippen molar-refractivity contribution in [2.24, 2.45) is 4.99 Å². The number of rotatable bonds is 3. The molecule has 0 aromatic rings. The highest BCUT2D eigenvalue weighted by molar-refractivity contribution is 8.13. The van der Waals surface area contributed by atoms with Gasteiger partial charge in [-0.1, -0.05) is 11.8 Å². The van der Waals surface area contributed by atoms with Gasteiger partial charge in [0, 0.05) is 12.9 Å². The van der Waals surface area contributed by atoms with Crippen molar-refractivity contribution in [1.29, 1.82) is 0 Å². The monoisotopic (exact) mass is 161 g/mol. The number of hydrogen-bond donors (Lipinski definition) is 0. The molecule has 0 spiro atoms. The molecule has 0 aromatic heterocycles. The second kappa shape index (κ2) is 4.57. The van der Waals surface area contributed by atoms with Crippen molar-refractivity contribution in [3.63, 3.8) is 0 Å². The van der Waals surface area contributed by atoms with E-state index in [-0.39, 0.29) is 0 Å². The minimum Gasteiger partial charge on any atom is -0.471 e. The average molecular weight is 161 g/mol. The van der Waals surface area contributed by atoms with Crippen molar-refractivity contribution >= 4 is 17.0 Å². The van der Waals surface area contributed by atoms with Gasteiger partial charge in [0.1, 0.15) is 6.61 Å². The lowest BCUT2D eigenvalue weighted by atomic mass is 10.8. The van der Waals surface area contributed by atoms with Crippen LogP contribution in [-0.4, -0.2) is 37.9 Å². The van der Waals surface area contributed by atoms with E-state index >= 15 is 0 Å². The first-order valence-corrected chi connectivity index (χ1v) is 4.21. The maximum absolute atomic E-state index is 5.23. The van der Waals surface area contributed by atoms with Crippen molar-refractivity contribution in [1.82, 2.24) is 0 Å². The molecule has 0 bridgehead atoms. The van der Waals surface area contributed by atoms with Crippen molar-refractivity contribution in [2.75, 3.05) is 32.6 Å². The Morgan fingerprint density at radius 1 is 1.60 bits per heavy atom. The molecular formula is C6H11NO2S. The van der Waals surface area contributed by atoms with Gasteiger partial charge in [-0.2, -0.15) is 0 Å². The van der Waals surface area contributed by atoms with Crippen LogP contribution in [0.5, 0.6) is 0 Å². The molecule has 1 aliphatic heterocycles. The summed E-state index contributed by atoms with van der Waals surface area (Å²) in [5.74, 6) is 1.06. The molecule has 0 atom stereocenters. The second-order valence-corrected chi connectivity index (χ2v) is 2.88. The molecule has 4 heteroatoms. The summed E-state index contributed by atoms with van der Waals surface area (Å²) in [6.45, 7) is 2.15. The highest BCUT2D eigenvalue weighted by Gasteiger charge is 2.06. The molecule has 10 heavy (non-hydrogen) atoms. The Labute approximate surface area is 64.8 Å². The van der Waals surface area contributed by atoms with Crippen LogP contribution in [0, 0.1) is 0 Å². The topological polar surface area (TPSA) is 30.8 Å². The van der Waals surface area contributed by atoms with Crippen LogP contribution in [0.2, 0.25) is 0 Å². The minimum absolute atomic E-state index is 0.613. The first-order valence-electron chi connectivity index (χ1n) is 3.22. The van der Waals surface area contributed by atoms with Gasteiger partial charge in [-0.25, -0.2) is 4.99 Å². The third kappa shape index (κ3) is 2.58. The summed E-state index contributed by atoms with van der Waals surface area (Å²) < 4.78 is 10.0. The first-order chi connectivity index (χ1) is 4.93. The minimum atomic E-state index is 0.613. The SMILES string of the molecule is COCCOC1=NCCS1. The third-order valence-corrected chi connectivity index (χ3v) is 1.95. The quantitative estimate of drug-likeness (QED) is 0.572. The van der Waals surface area contributed by atoms with Crippen LogP contribution in [0.3, 0.4) is 0 Å². The van der Waals surface area contributed by atoms with Gasteiger partial charge in [-0.05, 0) is 0 Å². The molecule has 0 aromatic carbocycles. The van der Waals surface area contributed by atoms with E-state index in [1.54, 1.807) is 18.9 Å². The Morgan fingerprint density at radius 2 is 2.50 bits per heavy atom.